The summed E-state index contributed by atoms with van der Waals surface area (Å²) >= 11 is 6.07. The van der Waals surface area contributed by atoms with Gasteiger partial charge in [-0.2, -0.15) is 0 Å². The topological polar surface area (TPSA) is 82.2 Å². The van der Waals surface area contributed by atoms with E-state index in [-0.39, 0.29) is 15.5 Å². The van der Waals surface area contributed by atoms with Gasteiger partial charge < -0.3 is 4.90 Å². The van der Waals surface area contributed by atoms with Gasteiger partial charge in [0.1, 0.15) is 0 Å². The van der Waals surface area contributed by atoms with Crippen molar-refractivity contribution < 1.29 is 18.0 Å². The van der Waals surface area contributed by atoms with Crippen LogP contribution in [-0.2, 0) is 14.9 Å². The number of benzene rings is 1. The van der Waals surface area contributed by atoms with Gasteiger partial charge in [0.25, 0.3) is 15.9 Å². The molecule has 0 saturated carbocycles. The van der Waals surface area contributed by atoms with Crippen LogP contribution in [0.5, 0.6) is 0 Å². The summed E-state index contributed by atoms with van der Waals surface area (Å²) in [6.07, 6.45) is 0. The number of hydroxylamine groups is 1. The molecule has 2 rings (SSSR count). The number of rotatable bonds is 5. The van der Waals surface area contributed by atoms with Gasteiger partial charge in [-0.05, 0) is 25.2 Å². The molecule has 0 atom stereocenters. The molecule has 1 fully saturated rings. The Bertz CT molecular complexity index is 705. The molecule has 24 heavy (non-hydrogen) atoms. The molecule has 0 aliphatic carbocycles. The Balaban J connectivity index is 2.21. The summed E-state index contributed by atoms with van der Waals surface area (Å²) in [6.45, 7) is 3.04. The van der Waals surface area contributed by atoms with Crippen LogP contribution < -0.4 is 5.43 Å². The van der Waals surface area contributed by atoms with Crippen LogP contribution in [0, 0.1) is 0 Å². The quantitative estimate of drug-likeness (QED) is 0.750. The van der Waals surface area contributed by atoms with E-state index in [0.717, 1.165) is 17.6 Å². The van der Waals surface area contributed by atoms with Crippen molar-refractivity contribution in [1.82, 2.24) is 19.8 Å². The molecule has 8 nitrogen and oxygen atoms in total. The zero-order chi connectivity index (χ0) is 17.9. The number of carbonyl (C=O) groups is 1. The summed E-state index contributed by atoms with van der Waals surface area (Å²) in [7, 11) is 0.677. The second kappa shape index (κ2) is 7.77. The highest BCUT2D eigenvalue weighted by Crippen LogP contribution is 2.22. The number of carbonyl (C=O) groups excluding carboxylic acids is 1. The molecule has 1 heterocycles. The molecule has 1 aromatic rings. The van der Waals surface area contributed by atoms with Crippen molar-refractivity contribution >= 4 is 27.5 Å². The van der Waals surface area contributed by atoms with E-state index in [1.807, 2.05) is 7.05 Å². The molecule has 1 aliphatic rings. The summed E-state index contributed by atoms with van der Waals surface area (Å²) in [5.74, 6) is -0.443. The number of nitrogens with zero attached hydrogens (tertiary/aromatic N) is 3. The van der Waals surface area contributed by atoms with Gasteiger partial charge in [-0.25, -0.2) is 13.4 Å². The first-order valence-corrected chi connectivity index (χ1v) is 9.14. The van der Waals surface area contributed by atoms with Crippen LogP contribution in [0.1, 0.15) is 10.4 Å². The van der Waals surface area contributed by atoms with Crippen molar-refractivity contribution in [1.29, 1.82) is 0 Å². The van der Waals surface area contributed by atoms with E-state index in [1.54, 1.807) is 5.01 Å². The molecule has 0 aromatic heterocycles. The fraction of sp³-hybridized carbons (Fsp3) is 0.500. The second-order valence-corrected chi connectivity index (χ2v) is 7.81. The van der Waals surface area contributed by atoms with E-state index in [2.05, 4.69) is 10.3 Å². The fourth-order valence-electron chi connectivity index (χ4n) is 2.21. The first-order chi connectivity index (χ1) is 11.3. The van der Waals surface area contributed by atoms with Crippen molar-refractivity contribution in [2.45, 2.75) is 4.90 Å². The SMILES string of the molecule is CON(C)S(=O)(=O)c1ccc(Cl)c(C(=O)NN2CCN(C)CC2)c1. The summed E-state index contributed by atoms with van der Waals surface area (Å²) in [5, 5.41) is 1.97. The van der Waals surface area contributed by atoms with E-state index >= 15 is 0 Å². The van der Waals surface area contributed by atoms with Crippen LogP contribution in [0.15, 0.2) is 23.1 Å². The third-order valence-electron chi connectivity index (χ3n) is 3.84. The number of amides is 1. The van der Waals surface area contributed by atoms with Gasteiger partial charge >= 0.3 is 0 Å². The van der Waals surface area contributed by atoms with Crippen LogP contribution in [-0.4, -0.2) is 76.1 Å². The number of hydrazine groups is 1. The lowest BCUT2D eigenvalue weighted by Gasteiger charge is -2.32. The van der Waals surface area contributed by atoms with Gasteiger partial charge in [-0.1, -0.05) is 16.1 Å². The lowest BCUT2D eigenvalue weighted by molar-refractivity contribution is -0.0258. The molecule has 134 valence electrons. The summed E-state index contributed by atoms with van der Waals surface area (Å²) in [5.41, 5.74) is 2.86. The van der Waals surface area contributed by atoms with Crippen LogP contribution in [0.2, 0.25) is 5.02 Å². The molecule has 0 radical (unpaired) electrons. The van der Waals surface area contributed by atoms with Crippen molar-refractivity contribution in [3.63, 3.8) is 0 Å². The maximum atomic E-state index is 12.4. The molecule has 1 N–H and O–H groups in total. The van der Waals surface area contributed by atoms with Gasteiger partial charge in [-0.15, -0.1) is 0 Å². The smallest absolute Gasteiger partial charge is 0.267 e. The highest BCUT2D eigenvalue weighted by Gasteiger charge is 2.24. The zero-order valence-electron chi connectivity index (χ0n) is 13.8. The summed E-state index contributed by atoms with van der Waals surface area (Å²) in [6, 6.07) is 3.97. The Hall–Kier alpha value is -1.23. The fourth-order valence-corrected chi connectivity index (χ4v) is 3.41. The third kappa shape index (κ3) is 4.24. The average molecular weight is 377 g/mol. The van der Waals surface area contributed by atoms with E-state index in [4.69, 9.17) is 16.4 Å². The number of nitrogens with one attached hydrogen (secondary N) is 1. The lowest BCUT2D eigenvalue weighted by atomic mass is 10.2. The highest BCUT2D eigenvalue weighted by atomic mass is 35.5. The first-order valence-electron chi connectivity index (χ1n) is 7.32. The number of piperazine rings is 1. The number of sulfonamides is 1. The minimum absolute atomic E-state index is 0.0697. The second-order valence-electron chi connectivity index (χ2n) is 5.47. The molecule has 1 amide bonds. The first kappa shape index (κ1) is 19.1. The predicted octanol–water partition coefficient (Wildman–Crippen LogP) is 0.414. The van der Waals surface area contributed by atoms with Crippen molar-refractivity contribution in [3.8, 4) is 0 Å². The largest absolute Gasteiger partial charge is 0.304 e. The standard InChI is InChI=1S/C14H21ClN4O4S/c1-17-6-8-19(9-7-17)16-14(20)12-10-11(4-5-13(12)15)24(21,22)18(2)23-3/h4-5,10H,6-9H2,1-3H3,(H,16,20). The van der Waals surface area contributed by atoms with E-state index in [9.17, 15) is 13.2 Å². The third-order valence-corrected chi connectivity index (χ3v) is 5.84. The molecule has 0 bridgehead atoms. The van der Waals surface area contributed by atoms with Crippen LogP contribution in [0.3, 0.4) is 0 Å². The summed E-state index contributed by atoms with van der Waals surface area (Å²) in [4.78, 5) is 19.3. The molecule has 0 unspecified atom stereocenters. The van der Waals surface area contributed by atoms with Gasteiger partial charge in [0.15, 0.2) is 0 Å². The Morgan fingerprint density at radius 3 is 2.50 bits per heavy atom. The number of likely N-dealkylation sites (N-methyl/N-ethyl adjacent to an activating group) is 1. The maximum absolute atomic E-state index is 12.4. The minimum atomic E-state index is -3.85. The predicted molar refractivity (Wildman–Crippen MR) is 89.9 cm³/mol. The van der Waals surface area contributed by atoms with E-state index in [0.29, 0.717) is 13.1 Å². The minimum Gasteiger partial charge on any atom is -0.304 e. The molecule has 1 saturated heterocycles. The Labute approximate surface area is 146 Å². The summed E-state index contributed by atoms with van der Waals surface area (Å²) < 4.78 is 25.3. The van der Waals surface area contributed by atoms with Gasteiger partial charge in [0.2, 0.25) is 0 Å². The van der Waals surface area contributed by atoms with Crippen LogP contribution in [0.25, 0.3) is 0 Å². The van der Waals surface area contributed by atoms with Gasteiger partial charge in [-0.3, -0.25) is 15.1 Å². The van der Waals surface area contributed by atoms with E-state index < -0.39 is 15.9 Å². The normalized spacial score (nSPS) is 17.2. The highest BCUT2D eigenvalue weighted by molar-refractivity contribution is 7.89. The van der Waals surface area contributed by atoms with E-state index in [1.165, 1.54) is 32.4 Å². The number of halogens is 1. The van der Waals surface area contributed by atoms with Crippen LogP contribution >= 0.6 is 11.6 Å². The molecular formula is C14H21ClN4O4S. The zero-order valence-corrected chi connectivity index (χ0v) is 15.4. The molecule has 10 heteroatoms. The molecular weight excluding hydrogens is 356 g/mol. The maximum Gasteiger partial charge on any atom is 0.267 e. The monoisotopic (exact) mass is 376 g/mol. The lowest BCUT2D eigenvalue weighted by Crippen LogP contribution is -2.52. The molecule has 1 aliphatic heterocycles. The molecule has 1 aromatic carbocycles. The van der Waals surface area contributed by atoms with Crippen molar-refractivity contribution in [2.24, 2.45) is 0 Å². The number of hydrogen-bond acceptors (Lipinski definition) is 6. The van der Waals surface area contributed by atoms with Crippen LogP contribution in [0.4, 0.5) is 0 Å². The molecule has 0 spiro atoms. The average Bonchev–Trinajstić information content (AvgIpc) is 2.56. The Morgan fingerprint density at radius 2 is 1.92 bits per heavy atom. The van der Waals surface area contributed by atoms with Crippen molar-refractivity contribution in [3.05, 3.63) is 28.8 Å². The number of hydrogen-bond donors (Lipinski definition) is 1. The Kier molecular flexibility index (Phi) is 6.18. The Morgan fingerprint density at radius 1 is 1.29 bits per heavy atom. The van der Waals surface area contributed by atoms with Gasteiger partial charge in [0, 0.05) is 33.2 Å². The van der Waals surface area contributed by atoms with Crippen molar-refractivity contribution in [2.75, 3.05) is 47.4 Å². The van der Waals surface area contributed by atoms with Gasteiger partial charge in [0.05, 0.1) is 22.6 Å².